The van der Waals surface area contributed by atoms with Gasteiger partial charge in [-0.1, -0.05) is 20.8 Å². The molecule has 0 spiro atoms. The molecule has 0 aliphatic carbocycles. The SMILES string of the molecule is CCCN(C)CC(C)(C)CNC. The first-order chi connectivity index (χ1) is 5.52. The van der Waals surface area contributed by atoms with Crippen LogP contribution in [0.3, 0.4) is 0 Å². The zero-order valence-corrected chi connectivity index (χ0v) is 9.28. The van der Waals surface area contributed by atoms with Crippen LogP contribution in [0.15, 0.2) is 0 Å². The smallest absolute Gasteiger partial charge is 0.00418 e. The molecule has 0 radical (unpaired) electrons. The Morgan fingerprint density at radius 1 is 1.33 bits per heavy atom. The van der Waals surface area contributed by atoms with Gasteiger partial charge in [0.1, 0.15) is 0 Å². The largest absolute Gasteiger partial charge is 0.319 e. The lowest BCUT2D eigenvalue weighted by Gasteiger charge is -2.29. The summed E-state index contributed by atoms with van der Waals surface area (Å²) < 4.78 is 0. The van der Waals surface area contributed by atoms with Crippen LogP contribution >= 0.6 is 0 Å². The van der Waals surface area contributed by atoms with Crippen molar-refractivity contribution >= 4 is 0 Å². The van der Waals surface area contributed by atoms with Gasteiger partial charge in [-0.2, -0.15) is 0 Å². The molecule has 0 atom stereocenters. The summed E-state index contributed by atoms with van der Waals surface area (Å²) >= 11 is 0. The van der Waals surface area contributed by atoms with E-state index in [0.717, 1.165) is 6.54 Å². The van der Waals surface area contributed by atoms with Crippen LogP contribution in [0.25, 0.3) is 0 Å². The van der Waals surface area contributed by atoms with Gasteiger partial charge in [0.15, 0.2) is 0 Å². The molecule has 0 unspecified atom stereocenters. The molecule has 0 amide bonds. The molecule has 0 aliphatic rings. The van der Waals surface area contributed by atoms with Crippen molar-refractivity contribution in [3.8, 4) is 0 Å². The highest BCUT2D eigenvalue weighted by Gasteiger charge is 2.18. The fourth-order valence-corrected chi connectivity index (χ4v) is 1.73. The first-order valence-corrected chi connectivity index (χ1v) is 4.85. The lowest BCUT2D eigenvalue weighted by Crippen LogP contribution is -2.38. The summed E-state index contributed by atoms with van der Waals surface area (Å²) in [5.74, 6) is 0. The second-order valence-corrected chi connectivity index (χ2v) is 4.43. The molecule has 0 aliphatic heterocycles. The van der Waals surface area contributed by atoms with Gasteiger partial charge in [-0.25, -0.2) is 0 Å². The fraction of sp³-hybridized carbons (Fsp3) is 1.00. The topological polar surface area (TPSA) is 15.3 Å². The Labute approximate surface area is 77.3 Å². The summed E-state index contributed by atoms with van der Waals surface area (Å²) in [6, 6.07) is 0. The minimum absolute atomic E-state index is 0.388. The van der Waals surface area contributed by atoms with Crippen molar-refractivity contribution in [2.45, 2.75) is 27.2 Å². The highest BCUT2D eigenvalue weighted by atomic mass is 15.1. The molecule has 0 bridgehead atoms. The van der Waals surface area contributed by atoms with E-state index in [-0.39, 0.29) is 0 Å². The van der Waals surface area contributed by atoms with Gasteiger partial charge < -0.3 is 10.2 Å². The van der Waals surface area contributed by atoms with Crippen LogP contribution in [0.4, 0.5) is 0 Å². The summed E-state index contributed by atoms with van der Waals surface area (Å²) in [6.45, 7) is 10.3. The average molecular weight is 172 g/mol. The maximum atomic E-state index is 3.23. The monoisotopic (exact) mass is 172 g/mol. The van der Waals surface area contributed by atoms with E-state index in [4.69, 9.17) is 0 Å². The first-order valence-electron chi connectivity index (χ1n) is 4.85. The predicted molar refractivity (Wildman–Crippen MR) is 55.5 cm³/mol. The van der Waals surface area contributed by atoms with Crippen molar-refractivity contribution in [1.82, 2.24) is 10.2 Å². The van der Waals surface area contributed by atoms with Gasteiger partial charge >= 0.3 is 0 Å². The quantitative estimate of drug-likeness (QED) is 0.654. The van der Waals surface area contributed by atoms with Crippen LogP contribution in [0, 0.1) is 5.41 Å². The van der Waals surface area contributed by atoms with Crippen molar-refractivity contribution in [3.63, 3.8) is 0 Å². The van der Waals surface area contributed by atoms with Crippen molar-refractivity contribution in [2.75, 3.05) is 33.7 Å². The average Bonchev–Trinajstić information content (AvgIpc) is 1.85. The second-order valence-electron chi connectivity index (χ2n) is 4.43. The van der Waals surface area contributed by atoms with Crippen LogP contribution in [0.5, 0.6) is 0 Å². The van der Waals surface area contributed by atoms with Gasteiger partial charge in [0.25, 0.3) is 0 Å². The summed E-state index contributed by atoms with van der Waals surface area (Å²) in [5.41, 5.74) is 0.388. The van der Waals surface area contributed by atoms with E-state index in [9.17, 15) is 0 Å². The van der Waals surface area contributed by atoms with Gasteiger partial charge in [0.2, 0.25) is 0 Å². The Morgan fingerprint density at radius 3 is 2.33 bits per heavy atom. The summed E-state index contributed by atoms with van der Waals surface area (Å²) in [4.78, 5) is 2.40. The number of hydrogen-bond donors (Lipinski definition) is 1. The van der Waals surface area contributed by atoms with Gasteiger partial charge in [0, 0.05) is 13.1 Å². The Bertz CT molecular complexity index is 110. The van der Waals surface area contributed by atoms with E-state index < -0.39 is 0 Å². The van der Waals surface area contributed by atoms with E-state index in [1.54, 1.807) is 0 Å². The molecule has 0 rings (SSSR count). The van der Waals surface area contributed by atoms with Crippen molar-refractivity contribution < 1.29 is 0 Å². The molecule has 2 nitrogen and oxygen atoms in total. The first kappa shape index (κ1) is 11.9. The van der Waals surface area contributed by atoms with E-state index in [1.807, 2.05) is 7.05 Å². The molecule has 0 aromatic carbocycles. The third kappa shape index (κ3) is 5.56. The maximum absolute atomic E-state index is 3.23. The van der Waals surface area contributed by atoms with Crippen molar-refractivity contribution in [2.24, 2.45) is 5.41 Å². The highest BCUT2D eigenvalue weighted by Crippen LogP contribution is 2.14. The molecule has 12 heavy (non-hydrogen) atoms. The summed E-state index contributed by atoms with van der Waals surface area (Å²) in [5, 5.41) is 3.23. The van der Waals surface area contributed by atoms with Crippen molar-refractivity contribution in [3.05, 3.63) is 0 Å². The molecule has 0 saturated carbocycles. The van der Waals surface area contributed by atoms with E-state index in [0.29, 0.717) is 5.41 Å². The van der Waals surface area contributed by atoms with Gasteiger partial charge in [0.05, 0.1) is 0 Å². The number of hydrogen-bond acceptors (Lipinski definition) is 2. The molecule has 2 heteroatoms. The van der Waals surface area contributed by atoms with E-state index in [2.05, 4.69) is 38.0 Å². The van der Waals surface area contributed by atoms with Crippen LogP contribution in [-0.2, 0) is 0 Å². The van der Waals surface area contributed by atoms with Crippen LogP contribution in [-0.4, -0.2) is 38.6 Å². The highest BCUT2D eigenvalue weighted by molar-refractivity contribution is 4.73. The van der Waals surface area contributed by atoms with Gasteiger partial charge in [-0.3, -0.25) is 0 Å². The van der Waals surface area contributed by atoms with Gasteiger partial charge in [-0.15, -0.1) is 0 Å². The molecule has 0 saturated heterocycles. The molecule has 0 fully saturated rings. The lowest BCUT2D eigenvalue weighted by molar-refractivity contribution is 0.207. The number of nitrogens with zero attached hydrogens (tertiary/aromatic N) is 1. The summed E-state index contributed by atoms with van der Waals surface area (Å²) in [7, 11) is 4.21. The molecule has 74 valence electrons. The Hall–Kier alpha value is -0.0800. The van der Waals surface area contributed by atoms with Crippen LogP contribution in [0.2, 0.25) is 0 Å². The maximum Gasteiger partial charge on any atom is 0.00418 e. The zero-order chi connectivity index (χ0) is 9.61. The van der Waals surface area contributed by atoms with Crippen molar-refractivity contribution in [1.29, 1.82) is 0 Å². The molecule has 0 heterocycles. The standard InChI is InChI=1S/C10H24N2/c1-6-7-12(5)9-10(2,3)8-11-4/h11H,6-9H2,1-5H3. The van der Waals surface area contributed by atoms with E-state index >= 15 is 0 Å². The summed E-state index contributed by atoms with van der Waals surface area (Å²) in [6.07, 6.45) is 1.24. The predicted octanol–water partition coefficient (Wildman–Crippen LogP) is 1.57. The number of nitrogens with one attached hydrogen (secondary N) is 1. The zero-order valence-electron chi connectivity index (χ0n) is 9.28. The normalized spacial score (nSPS) is 12.5. The lowest BCUT2D eigenvalue weighted by atomic mass is 9.93. The third-order valence-corrected chi connectivity index (χ3v) is 1.96. The molecule has 0 aromatic rings. The Kier molecular flexibility index (Phi) is 5.51. The molecule has 0 aromatic heterocycles. The molecular formula is C10H24N2. The van der Waals surface area contributed by atoms with Gasteiger partial charge in [-0.05, 0) is 32.5 Å². The molecular weight excluding hydrogens is 148 g/mol. The third-order valence-electron chi connectivity index (χ3n) is 1.96. The Balaban J connectivity index is 3.70. The minimum Gasteiger partial charge on any atom is -0.319 e. The van der Waals surface area contributed by atoms with Crippen LogP contribution in [0.1, 0.15) is 27.2 Å². The second kappa shape index (κ2) is 5.55. The van der Waals surface area contributed by atoms with Crippen LogP contribution < -0.4 is 5.32 Å². The minimum atomic E-state index is 0.388. The fourth-order valence-electron chi connectivity index (χ4n) is 1.73. The van der Waals surface area contributed by atoms with E-state index in [1.165, 1.54) is 19.5 Å². The number of rotatable bonds is 6. The molecule has 1 N–H and O–H groups in total. The Morgan fingerprint density at radius 2 is 1.92 bits per heavy atom.